The highest BCUT2D eigenvalue weighted by molar-refractivity contribution is 9.10. The fourth-order valence-corrected chi connectivity index (χ4v) is 2.72. The molecule has 102 valence electrons. The van der Waals surface area contributed by atoms with Crippen LogP contribution < -0.4 is 10.2 Å². The minimum absolute atomic E-state index is 0.331. The van der Waals surface area contributed by atoms with Crippen molar-refractivity contribution in [3.05, 3.63) is 28.2 Å². The standard InChI is InChI=1S/C14H23BrN2O/c1-5-16-11(3)12-6-7-14(13(15)8-12)17(4)9-10(2)18/h6-8,10-11,16,18H,5,9H2,1-4H3. The van der Waals surface area contributed by atoms with E-state index < -0.39 is 0 Å². The maximum absolute atomic E-state index is 9.42. The monoisotopic (exact) mass is 314 g/mol. The van der Waals surface area contributed by atoms with Gasteiger partial charge in [0, 0.05) is 24.1 Å². The van der Waals surface area contributed by atoms with Crippen LogP contribution in [0.1, 0.15) is 32.4 Å². The van der Waals surface area contributed by atoms with Gasteiger partial charge in [-0.2, -0.15) is 0 Å². The molecule has 0 aliphatic rings. The van der Waals surface area contributed by atoms with Crippen molar-refractivity contribution >= 4 is 21.6 Å². The molecular formula is C14H23BrN2O. The predicted octanol–water partition coefficient (Wildman–Crippen LogP) is 2.94. The summed E-state index contributed by atoms with van der Waals surface area (Å²) in [6.07, 6.45) is -0.331. The average molecular weight is 315 g/mol. The molecule has 0 aliphatic carbocycles. The van der Waals surface area contributed by atoms with Crippen LogP contribution in [0.25, 0.3) is 0 Å². The van der Waals surface area contributed by atoms with Gasteiger partial charge in [-0.3, -0.25) is 0 Å². The van der Waals surface area contributed by atoms with Crippen molar-refractivity contribution in [2.75, 3.05) is 25.0 Å². The zero-order valence-corrected chi connectivity index (χ0v) is 13.2. The molecule has 0 bridgehead atoms. The smallest absolute Gasteiger partial charge is 0.0686 e. The number of rotatable bonds is 6. The normalized spacial score (nSPS) is 14.3. The van der Waals surface area contributed by atoms with Gasteiger partial charge >= 0.3 is 0 Å². The number of hydrogen-bond acceptors (Lipinski definition) is 3. The van der Waals surface area contributed by atoms with Gasteiger partial charge in [-0.25, -0.2) is 0 Å². The van der Waals surface area contributed by atoms with Crippen LogP contribution >= 0.6 is 15.9 Å². The molecule has 0 saturated carbocycles. The Bertz CT molecular complexity index is 382. The fraction of sp³-hybridized carbons (Fsp3) is 0.571. The van der Waals surface area contributed by atoms with E-state index in [-0.39, 0.29) is 6.10 Å². The van der Waals surface area contributed by atoms with Crippen molar-refractivity contribution in [1.29, 1.82) is 0 Å². The molecule has 1 aromatic rings. The lowest BCUT2D eigenvalue weighted by molar-refractivity contribution is 0.201. The average Bonchev–Trinajstić information content (AvgIpc) is 2.28. The first-order chi connectivity index (χ1) is 8.45. The molecule has 0 aliphatic heterocycles. The van der Waals surface area contributed by atoms with Gasteiger partial charge in [0.15, 0.2) is 0 Å². The molecule has 2 N–H and O–H groups in total. The van der Waals surface area contributed by atoms with E-state index in [0.717, 1.165) is 16.7 Å². The van der Waals surface area contributed by atoms with Gasteiger partial charge in [-0.05, 0) is 54.0 Å². The highest BCUT2D eigenvalue weighted by Gasteiger charge is 2.11. The van der Waals surface area contributed by atoms with Gasteiger partial charge in [-0.15, -0.1) is 0 Å². The van der Waals surface area contributed by atoms with Crippen molar-refractivity contribution in [3.8, 4) is 0 Å². The van der Waals surface area contributed by atoms with Gasteiger partial charge in [-0.1, -0.05) is 13.0 Å². The van der Waals surface area contributed by atoms with E-state index in [4.69, 9.17) is 0 Å². The summed E-state index contributed by atoms with van der Waals surface area (Å²) in [7, 11) is 1.99. The van der Waals surface area contributed by atoms with Crippen molar-refractivity contribution in [2.24, 2.45) is 0 Å². The van der Waals surface area contributed by atoms with E-state index in [2.05, 4.69) is 58.2 Å². The van der Waals surface area contributed by atoms with Gasteiger partial charge in [0.25, 0.3) is 0 Å². The van der Waals surface area contributed by atoms with Crippen LogP contribution in [0.15, 0.2) is 22.7 Å². The molecule has 0 radical (unpaired) electrons. The third kappa shape index (κ3) is 4.26. The largest absolute Gasteiger partial charge is 0.392 e. The second-order valence-electron chi connectivity index (χ2n) is 4.72. The molecule has 0 saturated heterocycles. The molecule has 3 nitrogen and oxygen atoms in total. The number of anilines is 1. The Kier molecular flexibility index (Phi) is 6.12. The zero-order valence-electron chi connectivity index (χ0n) is 11.6. The summed E-state index contributed by atoms with van der Waals surface area (Å²) in [5.74, 6) is 0. The molecule has 2 atom stereocenters. The lowest BCUT2D eigenvalue weighted by Gasteiger charge is -2.23. The highest BCUT2D eigenvalue weighted by Crippen LogP contribution is 2.28. The minimum atomic E-state index is -0.331. The second kappa shape index (κ2) is 7.12. The van der Waals surface area contributed by atoms with Gasteiger partial charge < -0.3 is 15.3 Å². The number of nitrogens with zero attached hydrogens (tertiary/aromatic N) is 1. The predicted molar refractivity (Wildman–Crippen MR) is 81.2 cm³/mol. The maximum atomic E-state index is 9.42. The zero-order chi connectivity index (χ0) is 13.7. The summed E-state index contributed by atoms with van der Waals surface area (Å²) in [5.41, 5.74) is 2.36. The molecule has 18 heavy (non-hydrogen) atoms. The minimum Gasteiger partial charge on any atom is -0.392 e. The summed E-state index contributed by atoms with van der Waals surface area (Å²) >= 11 is 3.61. The first-order valence-electron chi connectivity index (χ1n) is 6.37. The van der Waals surface area contributed by atoms with Crippen molar-refractivity contribution < 1.29 is 5.11 Å². The molecule has 0 aromatic heterocycles. The first kappa shape index (κ1) is 15.5. The topological polar surface area (TPSA) is 35.5 Å². The fourth-order valence-electron chi connectivity index (χ4n) is 2.02. The van der Waals surface area contributed by atoms with Crippen molar-refractivity contribution in [2.45, 2.75) is 32.9 Å². The van der Waals surface area contributed by atoms with Crippen LogP contribution in [-0.2, 0) is 0 Å². The molecule has 0 fully saturated rings. The quantitative estimate of drug-likeness (QED) is 0.847. The summed E-state index contributed by atoms with van der Waals surface area (Å²) < 4.78 is 1.06. The SMILES string of the molecule is CCNC(C)c1ccc(N(C)CC(C)O)c(Br)c1. The maximum Gasteiger partial charge on any atom is 0.0686 e. The Morgan fingerprint density at radius 2 is 2.06 bits per heavy atom. The van der Waals surface area contributed by atoms with Crippen molar-refractivity contribution in [3.63, 3.8) is 0 Å². The van der Waals surface area contributed by atoms with Gasteiger partial charge in [0.2, 0.25) is 0 Å². The lowest BCUT2D eigenvalue weighted by atomic mass is 10.1. The third-order valence-corrected chi connectivity index (χ3v) is 3.57. The molecule has 4 heteroatoms. The van der Waals surface area contributed by atoms with Gasteiger partial charge in [0.05, 0.1) is 11.8 Å². The van der Waals surface area contributed by atoms with E-state index in [0.29, 0.717) is 12.6 Å². The summed E-state index contributed by atoms with van der Waals surface area (Å²) in [6.45, 7) is 7.65. The molecule has 1 rings (SSSR count). The Hall–Kier alpha value is -0.580. The summed E-state index contributed by atoms with van der Waals surface area (Å²) in [4.78, 5) is 2.05. The number of hydrogen-bond donors (Lipinski definition) is 2. The van der Waals surface area contributed by atoms with Crippen LogP contribution in [0.3, 0.4) is 0 Å². The van der Waals surface area contributed by atoms with Crippen LogP contribution in [0.4, 0.5) is 5.69 Å². The van der Waals surface area contributed by atoms with E-state index in [1.54, 1.807) is 6.92 Å². The first-order valence-corrected chi connectivity index (χ1v) is 7.17. The van der Waals surface area contributed by atoms with E-state index in [9.17, 15) is 5.11 Å². The number of aliphatic hydroxyl groups excluding tert-OH is 1. The number of aliphatic hydroxyl groups is 1. The molecule has 0 spiro atoms. The number of halogens is 1. The summed E-state index contributed by atoms with van der Waals surface area (Å²) in [5, 5.41) is 12.8. The molecule has 0 heterocycles. The Balaban J connectivity index is 2.85. The van der Waals surface area contributed by atoms with E-state index in [1.165, 1.54) is 5.56 Å². The van der Waals surface area contributed by atoms with Crippen LogP contribution in [0, 0.1) is 0 Å². The highest BCUT2D eigenvalue weighted by atomic mass is 79.9. The van der Waals surface area contributed by atoms with Crippen LogP contribution in [0.5, 0.6) is 0 Å². The molecule has 2 unspecified atom stereocenters. The summed E-state index contributed by atoms with van der Waals surface area (Å²) in [6, 6.07) is 6.71. The van der Waals surface area contributed by atoms with Crippen molar-refractivity contribution in [1.82, 2.24) is 5.32 Å². The molecule has 0 amide bonds. The Labute approximate surface area is 118 Å². The number of likely N-dealkylation sites (N-methyl/N-ethyl adjacent to an activating group) is 1. The third-order valence-electron chi connectivity index (χ3n) is 2.93. The Morgan fingerprint density at radius 3 is 2.56 bits per heavy atom. The molecular weight excluding hydrogens is 292 g/mol. The lowest BCUT2D eigenvalue weighted by Crippen LogP contribution is -2.27. The number of nitrogens with one attached hydrogen (secondary N) is 1. The second-order valence-corrected chi connectivity index (χ2v) is 5.57. The van der Waals surface area contributed by atoms with Crippen LogP contribution in [-0.4, -0.2) is 31.3 Å². The number of benzene rings is 1. The molecule has 1 aromatic carbocycles. The Morgan fingerprint density at radius 1 is 1.39 bits per heavy atom. The van der Waals surface area contributed by atoms with E-state index >= 15 is 0 Å². The van der Waals surface area contributed by atoms with Crippen LogP contribution in [0.2, 0.25) is 0 Å². The van der Waals surface area contributed by atoms with E-state index in [1.807, 2.05) is 7.05 Å². The van der Waals surface area contributed by atoms with Gasteiger partial charge in [0.1, 0.15) is 0 Å².